The van der Waals surface area contributed by atoms with Crippen molar-refractivity contribution in [3.63, 3.8) is 0 Å². The molecule has 4 bridgehead atoms. The molecule has 0 aliphatic heterocycles. The third kappa shape index (κ3) is 2.66. The first-order chi connectivity index (χ1) is 14.2. The summed E-state index contributed by atoms with van der Waals surface area (Å²) >= 11 is 0. The largest absolute Gasteiger partial charge is 0.502 e. The molecule has 8 nitrogen and oxygen atoms in total. The first-order valence-electron chi connectivity index (χ1n) is 10.2. The van der Waals surface area contributed by atoms with Crippen LogP contribution in [0.15, 0.2) is 36.4 Å². The zero-order chi connectivity index (χ0) is 21.3. The minimum absolute atomic E-state index is 0.241. The van der Waals surface area contributed by atoms with Gasteiger partial charge in [0.15, 0.2) is 11.5 Å². The Labute approximate surface area is 172 Å². The first-order valence-corrected chi connectivity index (χ1v) is 10.2. The van der Waals surface area contributed by atoms with Crippen LogP contribution in [0.2, 0.25) is 0 Å². The summed E-state index contributed by atoms with van der Waals surface area (Å²) in [7, 11) is 0. The van der Waals surface area contributed by atoms with E-state index in [1.54, 1.807) is 12.1 Å². The number of hydrogen-bond acceptors (Lipinski definition) is 6. The van der Waals surface area contributed by atoms with Crippen molar-refractivity contribution in [1.82, 2.24) is 0 Å². The van der Waals surface area contributed by atoms with Crippen LogP contribution in [0.3, 0.4) is 0 Å². The minimum atomic E-state index is -0.557. The average Bonchev–Trinajstić information content (AvgIpc) is 2.67. The van der Waals surface area contributed by atoms with E-state index in [0.717, 1.165) is 49.7 Å². The van der Waals surface area contributed by atoms with Crippen LogP contribution in [0.5, 0.6) is 11.5 Å². The Morgan fingerprint density at radius 3 is 1.53 bits per heavy atom. The van der Waals surface area contributed by atoms with Gasteiger partial charge < -0.3 is 10.2 Å². The molecular formula is C22H22N2O6. The van der Waals surface area contributed by atoms with Crippen molar-refractivity contribution < 1.29 is 20.1 Å². The first kappa shape index (κ1) is 18.8. The van der Waals surface area contributed by atoms with Gasteiger partial charge in [0.1, 0.15) is 0 Å². The van der Waals surface area contributed by atoms with Crippen LogP contribution in [0.25, 0.3) is 0 Å². The maximum Gasteiger partial charge on any atom is 0.310 e. The topological polar surface area (TPSA) is 127 Å². The van der Waals surface area contributed by atoms with Gasteiger partial charge >= 0.3 is 11.4 Å². The van der Waals surface area contributed by atoms with Crippen molar-refractivity contribution in [2.45, 2.75) is 49.4 Å². The number of benzene rings is 2. The summed E-state index contributed by atoms with van der Waals surface area (Å²) in [6.07, 6.45) is 5.63. The van der Waals surface area contributed by atoms with Gasteiger partial charge in [-0.1, -0.05) is 12.1 Å². The van der Waals surface area contributed by atoms with Crippen molar-refractivity contribution in [1.29, 1.82) is 0 Å². The van der Waals surface area contributed by atoms with E-state index in [1.807, 2.05) is 0 Å². The van der Waals surface area contributed by atoms with Crippen LogP contribution in [0, 0.1) is 32.1 Å². The van der Waals surface area contributed by atoms with Crippen molar-refractivity contribution in [3.05, 3.63) is 67.8 Å². The zero-order valence-electron chi connectivity index (χ0n) is 16.3. The average molecular weight is 410 g/mol. The van der Waals surface area contributed by atoms with E-state index < -0.39 is 9.85 Å². The highest BCUT2D eigenvalue weighted by molar-refractivity contribution is 5.53. The molecule has 6 rings (SSSR count). The zero-order valence-corrected chi connectivity index (χ0v) is 16.3. The molecule has 0 saturated heterocycles. The van der Waals surface area contributed by atoms with E-state index >= 15 is 0 Å². The highest BCUT2D eigenvalue weighted by Crippen LogP contribution is 2.66. The third-order valence-electron chi connectivity index (χ3n) is 7.63. The number of phenols is 2. The Bertz CT molecular complexity index is 986. The second kappa shape index (κ2) is 6.17. The van der Waals surface area contributed by atoms with Gasteiger partial charge in [-0.3, -0.25) is 20.2 Å². The van der Waals surface area contributed by atoms with Crippen molar-refractivity contribution in [2.75, 3.05) is 0 Å². The lowest BCUT2D eigenvalue weighted by atomic mass is 9.41. The molecule has 4 saturated carbocycles. The van der Waals surface area contributed by atoms with Crippen molar-refractivity contribution >= 4 is 11.4 Å². The molecule has 0 unspecified atom stereocenters. The van der Waals surface area contributed by atoms with E-state index in [9.17, 15) is 30.4 Å². The molecule has 0 amide bonds. The van der Waals surface area contributed by atoms with Gasteiger partial charge in [-0.2, -0.15) is 0 Å². The van der Waals surface area contributed by atoms with Gasteiger partial charge in [-0.25, -0.2) is 0 Å². The third-order valence-corrected chi connectivity index (χ3v) is 7.63. The lowest BCUT2D eigenvalue weighted by molar-refractivity contribution is -0.386. The SMILES string of the molecule is O=[N+]([O-])c1cc(C23CC4CC(C2)CC(c2ccc(O)c([N+](=O)[O-])c2)(C4)C3)ccc1O. The number of hydrogen-bond donors (Lipinski definition) is 2. The Morgan fingerprint density at radius 1 is 0.767 bits per heavy atom. The summed E-state index contributed by atoms with van der Waals surface area (Å²) in [4.78, 5) is 21.6. The predicted molar refractivity (Wildman–Crippen MR) is 108 cm³/mol. The molecule has 4 aliphatic rings. The normalized spacial score (nSPS) is 31.6. The maximum absolute atomic E-state index is 11.4. The molecular weight excluding hydrogens is 388 g/mol. The summed E-state index contributed by atoms with van der Waals surface area (Å²) in [5.41, 5.74) is 0.706. The van der Waals surface area contributed by atoms with Gasteiger partial charge in [0, 0.05) is 12.1 Å². The number of rotatable bonds is 4. The van der Waals surface area contributed by atoms with E-state index in [2.05, 4.69) is 0 Å². The lowest BCUT2D eigenvalue weighted by Crippen LogP contribution is -2.55. The Hall–Kier alpha value is -3.16. The number of aromatic hydroxyl groups is 2. The summed E-state index contributed by atoms with van der Waals surface area (Å²) in [6.45, 7) is 0. The quantitative estimate of drug-likeness (QED) is 0.555. The van der Waals surface area contributed by atoms with Gasteiger partial charge in [-0.15, -0.1) is 0 Å². The molecule has 0 radical (unpaired) electrons. The number of nitrogens with zero attached hydrogens (tertiary/aromatic N) is 2. The smallest absolute Gasteiger partial charge is 0.310 e. The van der Waals surface area contributed by atoms with Crippen LogP contribution < -0.4 is 0 Å². The van der Waals surface area contributed by atoms with Gasteiger partial charge in [0.05, 0.1) is 9.85 Å². The Morgan fingerprint density at radius 2 is 1.17 bits per heavy atom. The van der Waals surface area contributed by atoms with Crippen LogP contribution in [0.1, 0.15) is 49.7 Å². The molecule has 2 aromatic rings. The molecule has 156 valence electrons. The highest BCUT2D eigenvalue weighted by Gasteiger charge is 2.59. The number of phenolic OH excluding ortho intramolecular Hbond substituents is 2. The van der Waals surface area contributed by atoms with Crippen molar-refractivity contribution in [2.24, 2.45) is 11.8 Å². The molecule has 0 spiro atoms. The number of nitro benzene ring substituents is 2. The second-order valence-corrected chi connectivity index (χ2v) is 9.44. The van der Waals surface area contributed by atoms with E-state index in [4.69, 9.17) is 0 Å². The molecule has 4 fully saturated rings. The van der Waals surface area contributed by atoms with Crippen molar-refractivity contribution in [3.8, 4) is 11.5 Å². The molecule has 0 aromatic heterocycles. The van der Waals surface area contributed by atoms with E-state index in [-0.39, 0.29) is 33.7 Å². The second-order valence-electron chi connectivity index (χ2n) is 9.44. The molecule has 8 heteroatoms. The molecule has 0 atom stereocenters. The molecule has 2 N–H and O–H groups in total. The molecule has 30 heavy (non-hydrogen) atoms. The summed E-state index contributed by atoms with van der Waals surface area (Å²) in [6, 6.07) is 9.42. The predicted octanol–water partition coefficient (Wildman–Crippen LogP) is 4.70. The Balaban J connectivity index is 1.61. The standard InChI is InChI=1S/C22H22N2O6/c25-19-3-1-15(6-17(19)23(27)28)21-8-13-5-14(9-21)11-22(10-13,12-21)16-2-4-20(26)18(7-16)24(29)30/h1-4,6-7,13-14,25-26H,5,8-12H2. The highest BCUT2D eigenvalue weighted by atomic mass is 16.6. The lowest BCUT2D eigenvalue weighted by Gasteiger charge is -2.62. The fourth-order valence-electron chi connectivity index (χ4n) is 6.94. The molecule has 2 aromatic carbocycles. The maximum atomic E-state index is 11.4. The van der Waals surface area contributed by atoms with Gasteiger partial charge in [0.2, 0.25) is 0 Å². The van der Waals surface area contributed by atoms with Crippen LogP contribution in [-0.4, -0.2) is 20.1 Å². The van der Waals surface area contributed by atoms with E-state index in [1.165, 1.54) is 24.3 Å². The van der Waals surface area contributed by atoms with Crippen LogP contribution in [0.4, 0.5) is 11.4 Å². The minimum Gasteiger partial charge on any atom is -0.502 e. The van der Waals surface area contributed by atoms with E-state index in [0.29, 0.717) is 11.8 Å². The van der Waals surface area contributed by atoms with Gasteiger partial charge in [-0.05, 0) is 84.5 Å². The van der Waals surface area contributed by atoms with Crippen LogP contribution >= 0.6 is 0 Å². The molecule has 4 aliphatic carbocycles. The summed E-state index contributed by atoms with van der Waals surface area (Å²) in [5, 5.41) is 42.5. The summed E-state index contributed by atoms with van der Waals surface area (Å²) < 4.78 is 0. The fourth-order valence-corrected chi connectivity index (χ4v) is 6.94. The number of nitro groups is 2. The Kier molecular flexibility index (Phi) is 3.87. The molecule has 0 heterocycles. The monoisotopic (exact) mass is 410 g/mol. The van der Waals surface area contributed by atoms with Gasteiger partial charge in [0.25, 0.3) is 0 Å². The fraction of sp³-hybridized carbons (Fsp3) is 0.455. The van der Waals surface area contributed by atoms with Crippen LogP contribution in [-0.2, 0) is 10.8 Å². The summed E-state index contributed by atoms with van der Waals surface area (Å²) in [5.74, 6) is 0.230.